The Morgan fingerprint density at radius 2 is 2.09 bits per heavy atom. The Morgan fingerprint density at radius 3 is 2.75 bits per heavy atom. The SMILES string of the molecule is CCOC(=O)C1=C(C)N=c2s/c(=C\c3ccc[nH]3)c(=O)n2C1c1cc(OC)ccc1OC. The van der Waals surface area contributed by atoms with Gasteiger partial charge in [-0.1, -0.05) is 11.3 Å². The van der Waals surface area contributed by atoms with Gasteiger partial charge >= 0.3 is 5.97 Å². The van der Waals surface area contributed by atoms with Gasteiger partial charge in [0, 0.05) is 17.5 Å². The molecule has 3 heterocycles. The molecule has 0 saturated heterocycles. The number of esters is 1. The van der Waals surface area contributed by atoms with E-state index in [0.717, 1.165) is 5.69 Å². The number of thiazole rings is 1. The van der Waals surface area contributed by atoms with Crippen molar-refractivity contribution >= 4 is 23.4 Å². The van der Waals surface area contributed by atoms with E-state index in [4.69, 9.17) is 14.2 Å². The van der Waals surface area contributed by atoms with Gasteiger partial charge in [0.2, 0.25) is 0 Å². The van der Waals surface area contributed by atoms with Crippen molar-refractivity contribution in [3.05, 3.63) is 78.7 Å². The number of benzene rings is 1. The van der Waals surface area contributed by atoms with Gasteiger partial charge in [-0.25, -0.2) is 9.79 Å². The molecule has 0 spiro atoms. The van der Waals surface area contributed by atoms with Crippen LogP contribution in [0.3, 0.4) is 0 Å². The third kappa shape index (κ3) is 3.75. The molecule has 0 amide bonds. The quantitative estimate of drug-likeness (QED) is 0.577. The van der Waals surface area contributed by atoms with Gasteiger partial charge in [-0.15, -0.1) is 0 Å². The predicted octanol–water partition coefficient (Wildman–Crippen LogP) is 2.14. The molecule has 2 aromatic heterocycles. The summed E-state index contributed by atoms with van der Waals surface area (Å²) in [7, 11) is 3.10. The number of nitrogens with one attached hydrogen (secondary N) is 1. The van der Waals surface area contributed by atoms with Crippen molar-refractivity contribution in [2.24, 2.45) is 4.99 Å². The van der Waals surface area contributed by atoms with E-state index in [2.05, 4.69) is 9.98 Å². The van der Waals surface area contributed by atoms with Crippen molar-refractivity contribution in [3.8, 4) is 11.5 Å². The molecule has 0 aliphatic carbocycles. The van der Waals surface area contributed by atoms with Gasteiger partial charge in [0.1, 0.15) is 17.5 Å². The second-order valence-corrected chi connectivity index (χ2v) is 8.04. The molecule has 0 fully saturated rings. The summed E-state index contributed by atoms with van der Waals surface area (Å²) in [5, 5.41) is 0. The molecule has 166 valence electrons. The van der Waals surface area contributed by atoms with E-state index in [0.29, 0.717) is 32.1 Å². The second-order valence-electron chi connectivity index (χ2n) is 7.04. The first kappa shape index (κ1) is 21.6. The summed E-state index contributed by atoms with van der Waals surface area (Å²) in [6.45, 7) is 3.68. The molecule has 1 unspecified atom stereocenters. The van der Waals surface area contributed by atoms with Gasteiger partial charge in [-0.3, -0.25) is 9.36 Å². The Labute approximate surface area is 188 Å². The van der Waals surface area contributed by atoms with Crippen LogP contribution in [0.4, 0.5) is 0 Å². The normalized spacial score (nSPS) is 15.9. The maximum Gasteiger partial charge on any atom is 0.338 e. The average molecular weight is 454 g/mol. The molecule has 1 aliphatic heterocycles. The maximum absolute atomic E-state index is 13.5. The van der Waals surface area contributed by atoms with E-state index in [1.165, 1.54) is 15.9 Å². The molecule has 32 heavy (non-hydrogen) atoms. The van der Waals surface area contributed by atoms with E-state index in [9.17, 15) is 9.59 Å². The molecule has 1 N–H and O–H groups in total. The second kappa shape index (κ2) is 8.88. The van der Waals surface area contributed by atoms with Crippen LogP contribution in [0.2, 0.25) is 0 Å². The molecule has 1 aliphatic rings. The maximum atomic E-state index is 13.5. The van der Waals surface area contributed by atoms with Crippen molar-refractivity contribution in [2.75, 3.05) is 20.8 Å². The molecule has 4 rings (SSSR count). The van der Waals surface area contributed by atoms with Crippen LogP contribution in [0.5, 0.6) is 11.5 Å². The zero-order valence-corrected chi connectivity index (χ0v) is 19.0. The fourth-order valence-corrected chi connectivity index (χ4v) is 4.75. The summed E-state index contributed by atoms with van der Waals surface area (Å²) in [6, 6.07) is 8.23. The number of aromatic nitrogens is 2. The van der Waals surface area contributed by atoms with Crippen molar-refractivity contribution < 1.29 is 19.0 Å². The highest BCUT2D eigenvalue weighted by atomic mass is 32.1. The summed E-state index contributed by atoms with van der Waals surface area (Å²) in [5.41, 5.74) is 1.93. The number of carbonyl (C=O) groups excluding carboxylic acids is 1. The largest absolute Gasteiger partial charge is 0.497 e. The van der Waals surface area contributed by atoms with E-state index in [1.54, 1.807) is 58.5 Å². The minimum atomic E-state index is -0.777. The smallest absolute Gasteiger partial charge is 0.338 e. The first-order valence-corrected chi connectivity index (χ1v) is 10.8. The lowest BCUT2D eigenvalue weighted by Gasteiger charge is -2.26. The number of hydrogen-bond donors (Lipinski definition) is 1. The lowest BCUT2D eigenvalue weighted by atomic mass is 9.95. The van der Waals surface area contributed by atoms with Crippen LogP contribution < -0.4 is 24.4 Å². The minimum absolute atomic E-state index is 0.203. The summed E-state index contributed by atoms with van der Waals surface area (Å²) < 4.78 is 18.3. The zero-order valence-electron chi connectivity index (χ0n) is 18.2. The summed E-state index contributed by atoms with van der Waals surface area (Å²) in [5.74, 6) is 0.570. The van der Waals surface area contributed by atoms with Crippen molar-refractivity contribution in [1.29, 1.82) is 0 Å². The first-order valence-electron chi connectivity index (χ1n) is 10.0. The van der Waals surface area contributed by atoms with Gasteiger partial charge in [-0.05, 0) is 50.3 Å². The molecule has 1 aromatic carbocycles. The predicted molar refractivity (Wildman–Crippen MR) is 121 cm³/mol. The molecular weight excluding hydrogens is 430 g/mol. The van der Waals surface area contributed by atoms with Crippen LogP contribution in [0.1, 0.15) is 31.1 Å². The number of hydrogen-bond acceptors (Lipinski definition) is 7. The molecule has 1 atom stereocenters. The van der Waals surface area contributed by atoms with Gasteiger partial charge in [0.25, 0.3) is 5.56 Å². The number of ether oxygens (including phenoxy) is 3. The standard InChI is InChI=1S/C23H23N3O5S/c1-5-31-22(28)19-13(2)25-23-26(21(27)18(32-23)11-14-7-6-10-24-14)20(19)16-12-15(29-3)8-9-17(16)30-4/h6-12,20,24H,5H2,1-4H3/b18-11-. The molecule has 3 aromatic rings. The average Bonchev–Trinajstić information content (AvgIpc) is 3.40. The number of rotatable bonds is 6. The number of carbonyl (C=O) groups is 1. The van der Waals surface area contributed by atoms with Gasteiger partial charge in [0.15, 0.2) is 4.80 Å². The third-order valence-corrected chi connectivity index (χ3v) is 6.14. The molecule has 0 bridgehead atoms. The monoisotopic (exact) mass is 453 g/mol. The van der Waals surface area contributed by atoms with Crippen LogP contribution in [0, 0.1) is 0 Å². The zero-order chi connectivity index (χ0) is 22.8. The van der Waals surface area contributed by atoms with Gasteiger partial charge in [0.05, 0.1) is 36.6 Å². The van der Waals surface area contributed by atoms with Crippen LogP contribution in [-0.2, 0) is 9.53 Å². The molecule has 9 heteroatoms. The molecule has 0 saturated carbocycles. The fraction of sp³-hybridized carbons (Fsp3) is 0.261. The molecule has 8 nitrogen and oxygen atoms in total. The van der Waals surface area contributed by atoms with Crippen molar-refractivity contribution in [3.63, 3.8) is 0 Å². The summed E-state index contributed by atoms with van der Waals surface area (Å²) in [6.07, 6.45) is 3.56. The van der Waals surface area contributed by atoms with Crippen LogP contribution in [-0.4, -0.2) is 36.3 Å². The highest BCUT2D eigenvalue weighted by Gasteiger charge is 2.35. The van der Waals surface area contributed by atoms with Gasteiger partial charge < -0.3 is 19.2 Å². The Kier molecular flexibility index (Phi) is 6.00. The van der Waals surface area contributed by atoms with E-state index >= 15 is 0 Å². The summed E-state index contributed by atoms with van der Waals surface area (Å²) in [4.78, 5) is 34.7. The lowest BCUT2D eigenvalue weighted by molar-refractivity contribution is -0.139. The number of fused-ring (bicyclic) bond motifs is 1. The van der Waals surface area contributed by atoms with Crippen LogP contribution in [0.15, 0.2) is 57.6 Å². The lowest BCUT2D eigenvalue weighted by Crippen LogP contribution is -2.40. The van der Waals surface area contributed by atoms with E-state index in [-0.39, 0.29) is 17.7 Å². The number of H-pyrrole nitrogens is 1. The summed E-state index contributed by atoms with van der Waals surface area (Å²) >= 11 is 1.26. The Balaban J connectivity index is 2.03. The van der Waals surface area contributed by atoms with Crippen molar-refractivity contribution in [2.45, 2.75) is 19.9 Å². The number of methoxy groups -OCH3 is 2. The molecular formula is C23H23N3O5S. The highest BCUT2D eigenvalue weighted by molar-refractivity contribution is 7.07. The minimum Gasteiger partial charge on any atom is -0.497 e. The topological polar surface area (TPSA) is 94.9 Å². The Hall–Kier alpha value is -3.59. The number of allylic oxidation sites excluding steroid dienone is 1. The van der Waals surface area contributed by atoms with Crippen LogP contribution in [0.25, 0.3) is 6.08 Å². The third-order valence-electron chi connectivity index (χ3n) is 5.16. The Morgan fingerprint density at radius 1 is 1.28 bits per heavy atom. The first-order chi connectivity index (χ1) is 15.5. The van der Waals surface area contributed by atoms with Gasteiger partial charge in [-0.2, -0.15) is 0 Å². The van der Waals surface area contributed by atoms with E-state index in [1.807, 2.05) is 12.1 Å². The van der Waals surface area contributed by atoms with E-state index < -0.39 is 12.0 Å². The number of nitrogens with zero attached hydrogens (tertiary/aromatic N) is 2. The molecule has 0 radical (unpaired) electrons. The fourth-order valence-electron chi connectivity index (χ4n) is 3.71. The van der Waals surface area contributed by atoms with Crippen LogP contribution >= 0.6 is 11.3 Å². The highest BCUT2D eigenvalue weighted by Crippen LogP contribution is 2.37. The number of aromatic amines is 1. The van der Waals surface area contributed by atoms with Crippen molar-refractivity contribution in [1.82, 2.24) is 9.55 Å². The Bertz CT molecular complexity index is 1370.